The van der Waals surface area contributed by atoms with Crippen LogP contribution < -0.4 is 0 Å². The second-order valence-corrected chi connectivity index (χ2v) is 3.78. The van der Waals surface area contributed by atoms with Crippen molar-refractivity contribution >= 4 is 6.29 Å². The van der Waals surface area contributed by atoms with Crippen molar-refractivity contribution in [2.24, 2.45) is 17.8 Å². The van der Waals surface area contributed by atoms with Crippen LogP contribution in [-0.4, -0.2) is 6.29 Å². The van der Waals surface area contributed by atoms with Crippen LogP contribution >= 0.6 is 0 Å². The Morgan fingerprint density at radius 3 is 2.82 bits per heavy atom. The lowest BCUT2D eigenvalue weighted by atomic mass is 9.90. The zero-order chi connectivity index (χ0) is 7.68. The minimum Gasteiger partial charge on any atom is -0.303 e. The molecule has 0 spiro atoms. The number of rotatable bonds is 3. The molecule has 1 nitrogen and oxygen atoms in total. The Balaban J connectivity index is 1.88. The fraction of sp³-hybridized carbons (Fsp3) is 0.700. The molecular weight excluding hydrogens is 136 g/mol. The molecule has 1 saturated carbocycles. The first-order valence-corrected chi connectivity index (χ1v) is 4.52. The zero-order valence-electron chi connectivity index (χ0n) is 6.70. The van der Waals surface area contributed by atoms with Gasteiger partial charge < -0.3 is 4.79 Å². The molecule has 3 atom stereocenters. The van der Waals surface area contributed by atoms with Gasteiger partial charge in [0.2, 0.25) is 0 Å². The largest absolute Gasteiger partial charge is 0.303 e. The first-order chi connectivity index (χ1) is 5.40. The molecule has 0 aromatic carbocycles. The fourth-order valence-corrected chi connectivity index (χ4v) is 2.51. The summed E-state index contributed by atoms with van der Waals surface area (Å²) in [6.45, 7) is 0. The highest BCUT2D eigenvalue weighted by atomic mass is 16.1. The maximum Gasteiger partial charge on any atom is 0.120 e. The van der Waals surface area contributed by atoms with Gasteiger partial charge in [0.25, 0.3) is 0 Å². The molecule has 0 N–H and O–H groups in total. The quantitative estimate of drug-likeness (QED) is 0.445. The highest BCUT2D eigenvalue weighted by Gasteiger charge is 2.34. The molecule has 2 bridgehead atoms. The number of hydrogen-bond donors (Lipinski definition) is 0. The Kier molecular flexibility index (Phi) is 1.80. The molecule has 0 saturated heterocycles. The van der Waals surface area contributed by atoms with Crippen molar-refractivity contribution in [2.45, 2.75) is 25.7 Å². The molecular formula is C10H14O. The van der Waals surface area contributed by atoms with Crippen molar-refractivity contribution in [1.82, 2.24) is 0 Å². The van der Waals surface area contributed by atoms with Gasteiger partial charge in [-0.25, -0.2) is 0 Å². The van der Waals surface area contributed by atoms with Crippen molar-refractivity contribution in [2.75, 3.05) is 0 Å². The molecule has 3 unspecified atom stereocenters. The summed E-state index contributed by atoms with van der Waals surface area (Å²) < 4.78 is 0. The second kappa shape index (κ2) is 2.80. The first-order valence-electron chi connectivity index (χ1n) is 4.52. The summed E-state index contributed by atoms with van der Waals surface area (Å²) in [6, 6.07) is 0. The molecule has 60 valence electrons. The highest BCUT2D eigenvalue weighted by molar-refractivity contribution is 5.49. The highest BCUT2D eigenvalue weighted by Crippen LogP contribution is 2.45. The third-order valence-electron chi connectivity index (χ3n) is 3.07. The van der Waals surface area contributed by atoms with Crippen molar-refractivity contribution in [3.8, 4) is 0 Å². The standard InChI is InChI=1S/C10H14O/c11-5-1-2-9-6-8-3-4-10(9)7-8/h3-5,8-10H,1-2,6-7H2. The molecule has 0 radical (unpaired) electrons. The molecule has 2 rings (SSSR count). The van der Waals surface area contributed by atoms with Crippen LogP contribution in [-0.2, 0) is 4.79 Å². The molecule has 11 heavy (non-hydrogen) atoms. The number of carbonyl (C=O) groups is 1. The third-order valence-corrected chi connectivity index (χ3v) is 3.07. The summed E-state index contributed by atoms with van der Waals surface area (Å²) in [6.07, 6.45) is 10.3. The normalized spacial score (nSPS) is 39.8. The van der Waals surface area contributed by atoms with Crippen molar-refractivity contribution in [3.05, 3.63) is 12.2 Å². The van der Waals surface area contributed by atoms with Gasteiger partial charge in [0, 0.05) is 6.42 Å². The Morgan fingerprint density at radius 2 is 2.27 bits per heavy atom. The number of aldehydes is 1. The van der Waals surface area contributed by atoms with Gasteiger partial charge in [-0.1, -0.05) is 12.2 Å². The van der Waals surface area contributed by atoms with E-state index in [0.29, 0.717) is 0 Å². The van der Waals surface area contributed by atoms with Crippen LogP contribution in [0.5, 0.6) is 0 Å². The van der Waals surface area contributed by atoms with Gasteiger partial charge in [-0.3, -0.25) is 0 Å². The summed E-state index contributed by atoms with van der Waals surface area (Å²) in [5, 5.41) is 0. The van der Waals surface area contributed by atoms with Crippen LogP contribution in [0.15, 0.2) is 12.2 Å². The van der Waals surface area contributed by atoms with Gasteiger partial charge in [-0.2, -0.15) is 0 Å². The lowest BCUT2D eigenvalue weighted by Crippen LogP contribution is -2.06. The van der Waals surface area contributed by atoms with E-state index in [-0.39, 0.29) is 0 Å². The summed E-state index contributed by atoms with van der Waals surface area (Å²) in [5.74, 6) is 2.51. The summed E-state index contributed by atoms with van der Waals surface area (Å²) in [4.78, 5) is 10.1. The number of fused-ring (bicyclic) bond motifs is 2. The third kappa shape index (κ3) is 1.24. The molecule has 0 amide bonds. The molecule has 1 heteroatoms. The van der Waals surface area contributed by atoms with E-state index in [1.54, 1.807) is 0 Å². The van der Waals surface area contributed by atoms with E-state index >= 15 is 0 Å². The SMILES string of the molecule is O=CCCC1CC2C=CC1C2. The van der Waals surface area contributed by atoms with E-state index in [1.165, 1.54) is 12.8 Å². The first kappa shape index (κ1) is 7.08. The molecule has 1 fully saturated rings. The minimum absolute atomic E-state index is 0.766. The molecule has 0 aliphatic heterocycles. The second-order valence-electron chi connectivity index (χ2n) is 3.78. The number of hydrogen-bond acceptors (Lipinski definition) is 1. The predicted octanol–water partition coefficient (Wildman–Crippen LogP) is 2.18. The maximum absolute atomic E-state index is 10.1. The zero-order valence-corrected chi connectivity index (χ0v) is 6.70. The van der Waals surface area contributed by atoms with Crippen molar-refractivity contribution in [3.63, 3.8) is 0 Å². The lowest BCUT2D eigenvalue weighted by molar-refractivity contribution is -0.108. The Bertz CT molecular complexity index is 183. The number of carbonyl (C=O) groups excluding carboxylic acids is 1. The van der Waals surface area contributed by atoms with E-state index in [0.717, 1.165) is 36.9 Å². The smallest absolute Gasteiger partial charge is 0.120 e. The van der Waals surface area contributed by atoms with Gasteiger partial charge in [0.1, 0.15) is 6.29 Å². The average Bonchev–Trinajstić information content (AvgIpc) is 2.60. The van der Waals surface area contributed by atoms with E-state index in [4.69, 9.17) is 0 Å². The Labute approximate surface area is 67.5 Å². The van der Waals surface area contributed by atoms with Gasteiger partial charge in [0.15, 0.2) is 0 Å². The van der Waals surface area contributed by atoms with Crippen LogP contribution in [0.25, 0.3) is 0 Å². The molecule has 0 heterocycles. The minimum atomic E-state index is 0.766. The summed E-state index contributed by atoms with van der Waals surface area (Å²) in [7, 11) is 0. The monoisotopic (exact) mass is 150 g/mol. The van der Waals surface area contributed by atoms with E-state index in [1.807, 2.05) is 0 Å². The number of allylic oxidation sites excluding steroid dienone is 2. The fourth-order valence-electron chi connectivity index (χ4n) is 2.51. The van der Waals surface area contributed by atoms with Gasteiger partial charge in [-0.05, 0) is 37.0 Å². The van der Waals surface area contributed by atoms with Gasteiger partial charge in [0.05, 0.1) is 0 Å². The van der Waals surface area contributed by atoms with Crippen molar-refractivity contribution in [1.29, 1.82) is 0 Å². The van der Waals surface area contributed by atoms with Crippen LogP contribution in [0.4, 0.5) is 0 Å². The Hall–Kier alpha value is -0.590. The van der Waals surface area contributed by atoms with Crippen LogP contribution in [0.1, 0.15) is 25.7 Å². The van der Waals surface area contributed by atoms with Crippen LogP contribution in [0.3, 0.4) is 0 Å². The van der Waals surface area contributed by atoms with E-state index in [2.05, 4.69) is 12.2 Å². The Morgan fingerprint density at radius 1 is 1.36 bits per heavy atom. The van der Waals surface area contributed by atoms with Gasteiger partial charge in [-0.15, -0.1) is 0 Å². The van der Waals surface area contributed by atoms with E-state index in [9.17, 15) is 4.79 Å². The summed E-state index contributed by atoms with van der Waals surface area (Å²) >= 11 is 0. The van der Waals surface area contributed by atoms with Crippen LogP contribution in [0.2, 0.25) is 0 Å². The van der Waals surface area contributed by atoms with E-state index < -0.39 is 0 Å². The summed E-state index contributed by atoms with van der Waals surface area (Å²) in [5.41, 5.74) is 0. The topological polar surface area (TPSA) is 17.1 Å². The molecule has 2 aliphatic rings. The van der Waals surface area contributed by atoms with Crippen LogP contribution in [0, 0.1) is 17.8 Å². The molecule has 0 aromatic heterocycles. The average molecular weight is 150 g/mol. The maximum atomic E-state index is 10.1. The lowest BCUT2D eigenvalue weighted by Gasteiger charge is -2.15. The van der Waals surface area contributed by atoms with Gasteiger partial charge >= 0.3 is 0 Å². The molecule has 0 aromatic rings. The predicted molar refractivity (Wildman–Crippen MR) is 44.1 cm³/mol. The van der Waals surface area contributed by atoms with Crippen molar-refractivity contribution < 1.29 is 4.79 Å². The molecule has 2 aliphatic carbocycles.